The number of nitrogens with one attached hydrogen (secondary N) is 1. The number of hydrogen-bond acceptors (Lipinski definition) is 3. The van der Waals surface area contributed by atoms with Gasteiger partial charge in [-0.25, -0.2) is 0 Å². The molecule has 0 aromatic rings. The lowest BCUT2D eigenvalue weighted by molar-refractivity contribution is -0.141. The van der Waals surface area contributed by atoms with Gasteiger partial charge in [-0.15, -0.1) is 0 Å². The van der Waals surface area contributed by atoms with Crippen molar-refractivity contribution in [3.05, 3.63) is 0 Å². The largest absolute Gasteiger partial charge is 0.481 e. The van der Waals surface area contributed by atoms with E-state index in [9.17, 15) is 14.4 Å². The van der Waals surface area contributed by atoms with Crippen LogP contribution in [0.4, 0.5) is 0 Å². The predicted octanol–water partition coefficient (Wildman–Crippen LogP) is -0.308. The van der Waals surface area contributed by atoms with E-state index in [2.05, 4.69) is 5.32 Å². The summed E-state index contributed by atoms with van der Waals surface area (Å²) in [6.07, 6.45) is 1.49. The van der Waals surface area contributed by atoms with Crippen LogP contribution in [0.2, 0.25) is 0 Å². The molecule has 6 heteroatoms. The Morgan fingerprint density at radius 3 is 2.29 bits per heavy atom. The molecule has 1 aliphatic carbocycles. The van der Waals surface area contributed by atoms with Gasteiger partial charge in [-0.1, -0.05) is 0 Å². The van der Waals surface area contributed by atoms with E-state index in [0.29, 0.717) is 19.3 Å². The molecule has 0 heterocycles. The van der Waals surface area contributed by atoms with E-state index in [0.717, 1.165) is 0 Å². The number of carboxylic acid groups (broad SMARTS) is 1. The van der Waals surface area contributed by atoms with Crippen molar-refractivity contribution in [2.45, 2.75) is 19.3 Å². The summed E-state index contributed by atoms with van der Waals surface area (Å²) in [7, 11) is 3.23. The van der Waals surface area contributed by atoms with Crippen LogP contribution in [0.1, 0.15) is 19.3 Å². The highest BCUT2D eigenvalue weighted by atomic mass is 16.4. The van der Waals surface area contributed by atoms with E-state index in [-0.39, 0.29) is 24.3 Å². The summed E-state index contributed by atoms with van der Waals surface area (Å²) in [6, 6.07) is 0. The molecule has 2 N–H and O–H groups in total. The molecule has 0 unspecified atom stereocenters. The molecular formula is C11H18N2O4. The SMILES string of the molecule is CN(C)C(=O)CNC(=O)[C@@H]1CC[C@H](C(=O)O)C1. The van der Waals surface area contributed by atoms with E-state index >= 15 is 0 Å². The maximum Gasteiger partial charge on any atom is 0.306 e. The summed E-state index contributed by atoms with van der Waals surface area (Å²) in [6.45, 7) is -0.0277. The topological polar surface area (TPSA) is 86.7 Å². The second kappa shape index (κ2) is 5.65. The van der Waals surface area contributed by atoms with Gasteiger partial charge in [0.25, 0.3) is 0 Å². The fourth-order valence-electron chi connectivity index (χ4n) is 1.91. The predicted molar refractivity (Wildman–Crippen MR) is 60.2 cm³/mol. The fraction of sp³-hybridized carbons (Fsp3) is 0.727. The third kappa shape index (κ3) is 3.72. The Labute approximate surface area is 100.0 Å². The summed E-state index contributed by atoms with van der Waals surface area (Å²) in [5, 5.41) is 11.4. The lowest BCUT2D eigenvalue weighted by Crippen LogP contribution is -2.38. The molecule has 0 bridgehead atoms. The fourth-order valence-corrected chi connectivity index (χ4v) is 1.91. The third-order valence-corrected chi connectivity index (χ3v) is 3.07. The van der Waals surface area contributed by atoms with Crippen molar-refractivity contribution in [3.8, 4) is 0 Å². The van der Waals surface area contributed by atoms with Gasteiger partial charge in [0, 0.05) is 20.0 Å². The highest BCUT2D eigenvalue weighted by molar-refractivity contribution is 5.86. The standard InChI is InChI=1S/C11H18N2O4/c1-13(2)9(14)6-12-10(15)7-3-4-8(5-7)11(16)17/h7-8H,3-6H2,1-2H3,(H,12,15)(H,16,17)/t7-,8+/m1/s1. The Kier molecular flexibility index (Phi) is 4.48. The molecule has 0 saturated heterocycles. The molecule has 0 aromatic heterocycles. The van der Waals surface area contributed by atoms with Crippen molar-refractivity contribution < 1.29 is 19.5 Å². The summed E-state index contributed by atoms with van der Waals surface area (Å²) >= 11 is 0. The molecule has 2 atom stereocenters. The lowest BCUT2D eigenvalue weighted by atomic mass is 10.0. The van der Waals surface area contributed by atoms with Crippen LogP contribution in [-0.2, 0) is 14.4 Å². The Balaban J connectivity index is 2.35. The van der Waals surface area contributed by atoms with Gasteiger partial charge < -0.3 is 15.3 Å². The van der Waals surface area contributed by atoms with E-state index < -0.39 is 11.9 Å². The van der Waals surface area contributed by atoms with Crippen LogP contribution in [0, 0.1) is 11.8 Å². The molecule has 0 radical (unpaired) electrons. The van der Waals surface area contributed by atoms with Crippen molar-refractivity contribution in [2.24, 2.45) is 11.8 Å². The highest BCUT2D eigenvalue weighted by Gasteiger charge is 2.33. The van der Waals surface area contributed by atoms with Gasteiger partial charge >= 0.3 is 5.97 Å². The zero-order valence-corrected chi connectivity index (χ0v) is 10.1. The van der Waals surface area contributed by atoms with Gasteiger partial charge in [0.05, 0.1) is 12.5 Å². The Hall–Kier alpha value is -1.59. The number of likely N-dealkylation sites (N-methyl/N-ethyl adjacent to an activating group) is 1. The summed E-state index contributed by atoms with van der Waals surface area (Å²) < 4.78 is 0. The first-order valence-corrected chi connectivity index (χ1v) is 5.62. The molecule has 1 saturated carbocycles. The smallest absolute Gasteiger partial charge is 0.306 e. The molecule has 96 valence electrons. The van der Waals surface area contributed by atoms with Crippen molar-refractivity contribution >= 4 is 17.8 Å². The van der Waals surface area contributed by atoms with Crippen LogP contribution in [0.25, 0.3) is 0 Å². The number of rotatable bonds is 4. The zero-order chi connectivity index (χ0) is 13.0. The molecule has 1 aliphatic rings. The first kappa shape index (κ1) is 13.5. The number of carbonyl (C=O) groups excluding carboxylic acids is 2. The minimum atomic E-state index is -0.843. The molecule has 0 spiro atoms. The average molecular weight is 242 g/mol. The lowest BCUT2D eigenvalue weighted by Gasteiger charge is -2.13. The molecular weight excluding hydrogens is 224 g/mol. The molecule has 0 aliphatic heterocycles. The zero-order valence-electron chi connectivity index (χ0n) is 10.1. The van der Waals surface area contributed by atoms with E-state index in [1.165, 1.54) is 4.90 Å². The molecule has 1 rings (SSSR count). The van der Waals surface area contributed by atoms with Crippen LogP contribution in [0.3, 0.4) is 0 Å². The van der Waals surface area contributed by atoms with Crippen molar-refractivity contribution in [3.63, 3.8) is 0 Å². The van der Waals surface area contributed by atoms with Gasteiger partial charge in [-0.3, -0.25) is 14.4 Å². The summed E-state index contributed by atoms with van der Waals surface area (Å²) in [5.74, 6) is -1.93. The second-order valence-corrected chi connectivity index (χ2v) is 4.55. The second-order valence-electron chi connectivity index (χ2n) is 4.55. The van der Waals surface area contributed by atoms with Crippen LogP contribution >= 0.6 is 0 Å². The Bertz CT molecular complexity index is 327. The number of aliphatic carboxylic acids is 1. The quantitative estimate of drug-likeness (QED) is 0.708. The number of carboxylic acids is 1. The molecule has 0 aromatic carbocycles. The van der Waals surface area contributed by atoms with E-state index in [4.69, 9.17) is 5.11 Å². The number of hydrogen-bond donors (Lipinski definition) is 2. The van der Waals surface area contributed by atoms with Crippen molar-refractivity contribution in [2.75, 3.05) is 20.6 Å². The van der Waals surface area contributed by atoms with Crippen molar-refractivity contribution in [1.29, 1.82) is 0 Å². The third-order valence-electron chi connectivity index (χ3n) is 3.07. The number of carbonyl (C=O) groups is 3. The first-order valence-electron chi connectivity index (χ1n) is 5.62. The van der Waals surface area contributed by atoms with Crippen LogP contribution in [-0.4, -0.2) is 48.4 Å². The molecule has 6 nitrogen and oxygen atoms in total. The van der Waals surface area contributed by atoms with E-state index in [1.807, 2.05) is 0 Å². The first-order chi connectivity index (χ1) is 7.91. The van der Waals surface area contributed by atoms with Crippen molar-refractivity contribution in [1.82, 2.24) is 10.2 Å². The summed E-state index contributed by atoms with van der Waals surface area (Å²) in [5.41, 5.74) is 0. The normalized spacial score (nSPS) is 23.2. The van der Waals surface area contributed by atoms with Crippen LogP contribution in [0.15, 0.2) is 0 Å². The van der Waals surface area contributed by atoms with Gasteiger partial charge in [-0.2, -0.15) is 0 Å². The Morgan fingerprint density at radius 1 is 1.24 bits per heavy atom. The molecule has 17 heavy (non-hydrogen) atoms. The maximum atomic E-state index is 11.7. The monoisotopic (exact) mass is 242 g/mol. The van der Waals surface area contributed by atoms with Gasteiger partial charge in [0.2, 0.25) is 11.8 Å². The van der Waals surface area contributed by atoms with Gasteiger partial charge in [0.15, 0.2) is 0 Å². The van der Waals surface area contributed by atoms with E-state index in [1.54, 1.807) is 14.1 Å². The highest BCUT2D eigenvalue weighted by Crippen LogP contribution is 2.30. The van der Waals surface area contributed by atoms with Crippen LogP contribution in [0.5, 0.6) is 0 Å². The molecule has 2 amide bonds. The minimum Gasteiger partial charge on any atom is -0.481 e. The molecule has 1 fully saturated rings. The number of amides is 2. The van der Waals surface area contributed by atoms with Gasteiger partial charge in [-0.05, 0) is 19.3 Å². The average Bonchev–Trinajstić information content (AvgIpc) is 2.74. The summed E-state index contributed by atoms with van der Waals surface area (Å²) in [4.78, 5) is 35.0. The number of nitrogens with zero attached hydrogens (tertiary/aromatic N) is 1. The maximum absolute atomic E-state index is 11.7. The van der Waals surface area contributed by atoms with Gasteiger partial charge in [0.1, 0.15) is 0 Å². The van der Waals surface area contributed by atoms with Crippen LogP contribution < -0.4 is 5.32 Å². The minimum absolute atomic E-state index is 0.0277. The Morgan fingerprint density at radius 2 is 1.82 bits per heavy atom.